The van der Waals surface area contributed by atoms with Crippen molar-refractivity contribution in [3.63, 3.8) is 0 Å². The van der Waals surface area contributed by atoms with Crippen molar-refractivity contribution in [2.24, 2.45) is 11.3 Å². The normalized spacial score (nSPS) is 34.2. The minimum Gasteiger partial charge on any atom is -0.395 e. The van der Waals surface area contributed by atoms with Crippen LogP contribution in [0.3, 0.4) is 0 Å². The third-order valence-electron chi connectivity index (χ3n) is 5.31. The Morgan fingerprint density at radius 1 is 1.24 bits per heavy atom. The molecule has 1 aromatic carbocycles. The van der Waals surface area contributed by atoms with Crippen LogP contribution in [0.4, 0.5) is 0 Å². The maximum absolute atomic E-state index is 10.0. The molecule has 0 heterocycles. The van der Waals surface area contributed by atoms with E-state index in [1.165, 1.54) is 24.0 Å². The lowest BCUT2D eigenvalue weighted by Crippen LogP contribution is -2.46. The highest BCUT2D eigenvalue weighted by Gasteiger charge is 2.53. The molecule has 2 aliphatic rings. The van der Waals surface area contributed by atoms with E-state index in [4.69, 9.17) is 0 Å². The molecule has 0 bridgehead atoms. The van der Waals surface area contributed by atoms with E-state index in [0.29, 0.717) is 17.9 Å². The summed E-state index contributed by atoms with van der Waals surface area (Å²) in [5, 5.41) is 10.0. The van der Waals surface area contributed by atoms with Crippen LogP contribution < -0.4 is 0 Å². The van der Waals surface area contributed by atoms with E-state index in [-0.39, 0.29) is 5.41 Å². The quantitative estimate of drug-likeness (QED) is 0.785. The Bertz CT molecular complexity index is 435. The summed E-state index contributed by atoms with van der Waals surface area (Å²) < 4.78 is 0. The van der Waals surface area contributed by atoms with Gasteiger partial charge in [-0.1, -0.05) is 44.5 Å². The second kappa shape index (κ2) is 3.58. The first-order valence-electron chi connectivity index (χ1n) is 6.79. The van der Waals surface area contributed by atoms with Gasteiger partial charge in [0, 0.05) is 5.41 Å². The first kappa shape index (κ1) is 11.3. The molecule has 1 nitrogen and oxygen atoms in total. The van der Waals surface area contributed by atoms with Gasteiger partial charge >= 0.3 is 0 Å². The van der Waals surface area contributed by atoms with E-state index in [2.05, 4.69) is 38.1 Å². The molecular formula is C16H22O. The Labute approximate surface area is 104 Å². The Morgan fingerprint density at radius 3 is 2.76 bits per heavy atom. The van der Waals surface area contributed by atoms with E-state index in [9.17, 15) is 5.11 Å². The summed E-state index contributed by atoms with van der Waals surface area (Å²) in [6, 6.07) is 8.75. The number of fused-ring (bicyclic) bond motifs is 3. The summed E-state index contributed by atoms with van der Waals surface area (Å²) in [5.74, 6) is 0.617. The monoisotopic (exact) mass is 230 g/mol. The molecule has 2 aliphatic carbocycles. The van der Waals surface area contributed by atoms with Gasteiger partial charge in [-0.05, 0) is 41.7 Å². The van der Waals surface area contributed by atoms with Crippen LogP contribution in [0.25, 0.3) is 0 Å². The van der Waals surface area contributed by atoms with Crippen molar-refractivity contribution in [2.75, 3.05) is 6.61 Å². The molecule has 1 heteroatoms. The molecule has 92 valence electrons. The van der Waals surface area contributed by atoms with Crippen LogP contribution in [0.5, 0.6) is 0 Å². The third-order valence-corrected chi connectivity index (χ3v) is 5.31. The number of hydrogen-bond donors (Lipinski definition) is 1. The molecule has 0 amide bonds. The number of hydrogen-bond acceptors (Lipinski definition) is 1. The molecule has 0 aliphatic heterocycles. The number of aliphatic hydroxyl groups excluding tert-OH is 1. The first-order chi connectivity index (χ1) is 8.10. The minimum absolute atomic E-state index is 0.0539. The summed E-state index contributed by atoms with van der Waals surface area (Å²) in [5.41, 5.74) is 3.32. The Balaban J connectivity index is 2.14. The van der Waals surface area contributed by atoms with Crippen LogP contribution in [0.2, 0.25) is 0 Å². The summed E-state index contributed by atoms with van der Waals surface area (Å²) >= 11 is 0. The van der Waals surface area contributed by atoms with Gasteiger partial charge < -0.3 is 5.11 Å². The predicted molar refractivity (Wildman–Crippen MR) is 70.0 cm³/mol. The van der Waals surface area contributed by atoms with E-state index in [1.807, 2.05) is 0 Å². The van der Waals surface area contributed by atoms with Crippen LogP contribution in [0.15, 0.2) is 24.3 Å². The molecular weight excluding hydrogens is 208 g/mol. The molecule has 3 rings (SSSR count). The molecule has 17 heavy (non-hydrogen) atoms. The maximum atomic E-state index is 10.0. The lowest BCUT2D eigenvalue weighted by atomic mass is 9.56. The van der Waals surface area contributed by atoms with E-state index >= 15 is 0 Å². The van der Waals surface area contributed by atoms with Crippen LogP contribution in [-0.4, -0.2) is 11.7 Å². The second-order valence-corrected chi connectivity index (χ2v) is 6.57. The molecule has 2 atom stereocenters. The number of aliphatic hydroxyl groups is 1. The standard InChI is InChI=1S/C16H22O/c1-15(2)8-5-9-16(11-17)13-7-4-3-6-12(13)10-14(15)16/h3-4,6-7,14,17H,5,8-11H2,1-2H3/t14-,16+/m1/s1. The SMILES string of the molecule is CC1(C)CCC[C@]2(CO)c3ccccc3C[C@H]12. The lowest BCUT2D eigenvalue weighted by molar-refractivity contribution is 0.0201. The van der Waals surface area contributed by atoms with Crippen molar-refractivity contribution >= 4 is 0 Å². The molecule has 1 N–H and O–H groups in total. The third kappa shape index (κ3) is 1.41. The zero-order valence-electron chi connectivity index (χ0n) is 10.9. The van der Waals surface area contributed by atoms with Crippen LogP contribution in [0.1, 0.15) is 44.2 Å². The number of benzene rings is 1. The van der Waals surface area contributed by atoms with Gasteiger partial charge in [-0.3, -0.25) is 0 Å². The van der Waals surface area contributed by atoms with E-state index in [0.717, 1.165) is 12.8 Å². The van der Waals surface area contributed by atoms with Crippen molar-refractivity contribution in [1.82, 2.24) is 0 Å². The fraction of sp³-hybridized carbons (Fsp3) is 0.625. The zero-order valence-corrected chi connectivity index (χ0v) is 10.9. The zero-order chi connectivity index (χ0) is 12.1. The molecule has 1 aromatic rings. The highest BCUT2D eigenvalue weighted by molar-refractivity contribution is 5.42. The average Bonchev–Trinajstić information content (AvgIpc) is 2.66. The summed E-state index contributed by atoms with van der Waals surface area (Å²) in [6.45, 7) is 5.08. The average molecular weight is 230 g/mol. The van der Waals surface area contributed by atoms with Crippen LogP contribution in [-0.2, 0) is 11.8 Å². The second-order valence-electron chi connectivity index (χ2n) is 6.57. The highest BCUT2D eigenvalue weighted by atomic mass is 16.3. The number of rotatable bonds is 1. The van der Waals surface area contributed by atoms with Crippen LogP contribution >= 0.6 is 0 Å². The van der Waals surface area contributed by atoms with Gasteiger partial charge in [0.05, 0.1) is 6.61 Å². The topological polar surface area (TPSA) is 20.2 Å². The summed E-state index contributed by atoms with van der Waals surface area (Å²) in [4.78, 5) is 0. The fourth-order valence-electron chi connectivity index (χ4n) is 4.43. The van der Waals surface area contributed by atoms with Gasteiger partial charge in [-0.25, -0.2) is 0 Å². The maximum Gasteiger partial charge on any atom is 0.0531 e. The predicted octanol–water partition coefficient (Wildman–Crippen LogP) is 3.30. The van der Waals surface area contributed by atoms with Gasteiger partial charge in [0.15, 0.2) is 0 Å². The summed E-state index contributed by atoms with van der Waals surface area (Å²) in [6.07, 6.45) is 4.87. The van der Waals surface area contributed by atoms with Gasteiger partial charge in [0.2, 0.25) is 0 Å². The smallest absolute Gasteiger partial charge is 0.0531 e. The van der Waals surface area contributed by atoms with Crippen molar-refractivity contribution in [3.05, 3.63) is 35.4 Å². The molecule has 0 unspecified atom stereocenters. The lowest BCUT2D eigenvalue weighted by Gasteiger charge is -2.48. The van der Waals surface area contributed by atoms with Crippen molar-refractivity contribution in [3.8, 4) is 0 Å². The van der Waals surface area contributed by atoms with Crippen molar-refractivity contribution in [1.29, 1.82) is 0 Å². The first-order valence-corrected chi connectivity index (χ1v) is 6.79. The molecule has 1 fully saturated rings. The molecule has 1 saturated carbocycles. The van der Waals surface area contributed by atoms with Gasteiger partial charge in [-0.2, -0.15) is 0 Å². The van der Waals surface area contributed by atoms with E-state index in [1.54, 1.807) is 0 Å². The molecule has 0 radical (unpaired) electrons. The van der Waals surface area contributed by atoms with Gasteiger partial charge in [0.1, 0.15) is 0 Å². The largest absolute Gasteiger partial charge is 0.395 e. The molecule has 0 aromatic heterocycles. The minimum atomic E-state index is 0.0539. The highest BCUT2D eigenvalue weighted by Crippen LogP contribution is 2.58. The van der Waals surface area contributed by atoms with E-state index < -0.39 is 0 Å². The van der Waals surface area contributed by atoms with Crippen molar-refractivity contribution < 1.29 is 5.11 Å². The molecule has 0 spiro atoms. The van der Waals surface area contributed by atoms with Gasteiger partial charge in [0.25, 0.3) is 0 Å². The van der Waals surface area contributed by atoms with Crippen LogP contribution in [0, 0.1) is 11.3 Å². The summed E-state index contributed by atoms with van der Waals surface area (Å²) in [7, 11) is 0. The Hall–Kier alpha value is -0.820. The fourth-order valence-corrected chi connectivity index (χ4v) is 4.43. The molecule has 0 saturated heterocycles. The Morgan fingerprint density at radius 2 is 2.00 bits per heavy atom. The Kier molecular flexibility index (Phi) is 2.38. The van der Waals surface area contributed by atoms with Crippen molar-refractivity contribution in [2.45, 2.75) is 44.9 Å². The van der Waals surface area contributed by atoms with Gasteiger partial charge in [-0.15, -0.1) is 0 Å².